The van der Waals surface area contributed by atoms with Crippen molar-refractivity contribution in [1.29, 1.82) is 0 Å². The molecular formula is C66H124N2O21. The van der Waals surface area contributed by atoms with E-state index < -0.39 is 148 Å². The van der Waals surface area contributed by atoms with E-state index in [0.717, 1.165) is 58.3 Å². The van der Waals surface area contributed by atoms with Gasteiger partial charge in [-0.15, -0.1) is 0 Å². The molecule has 3 aliphatic rings. The molecule has 18 unspecified atom stereocenters. The van der Waals surface area contributed by atoms with Crippen LogP contribution in [0, 0.1) is 0 Å². The highest BCUT2D eigenvalue weighted by atomic mass is 16.8. The number of carbonyl (C=O) groups excluding carboxylic acids is 2. The Morgan fingerprint density at radius 1 is 0.539 bits per heavy atom. The van der Waals surface area contributed by atoms with Crippen LogP contribution in [0.15, 0.2) is 0 Å². The zero-order valence-electron chi connectivity index (χ0n) is 54.6. The molecule has 0 aromatic heterocycles. The molecule has 0 aliphatic carbocycles. The molecule has 3 fully saturated rings. The predicted molar refractivity (Wildman–Crippen MR) is 334 cm³/mol. The summed E-state index contributed by atoms with van der Waals surface area (Å²) in [6.07, 6.45) is 14.0. The minimum Gasteiger partial charge on any atom is -0.477 e. The summed E-state index contributed by atoms with van der Waals surface area (Å²) in [5.74, 6) is -6.09. The van der Waals surface area contributed by atoms with Crippen LogP contribution in [0.1, 0.15) is 265 Å². The van der Waals surface area contributed by atoms with Gasteiger partial charge in [0.05, 0.1) is 50.7 Å². The van der Waals surface area contributed by atoms with Crippen LogP contribution in [0.4, 0.5) is 0 Å². The number of ether oxygens (including phenoxy) is 6. The number of aliphatic carboxylic acids is 1. The number of aliphatic hydroxyl groups is 11. The van der Waals surface area contributed by atoms with E-state index in [1.807, 2.05) is 0 Å². The van der Waals surface area contributed by atoms with Gasteiger partial charge in [0, 0.05) is 19.8 Å². The zero-order chi connectivity index (χ0) is 65.4. The number of nitrogens with one attached hydrogen (secondary N) is 2. The lowest BCUT2D eigenvalue weighted by Gasteiger charge is -2.50. The molecule has 3 saturated heterocycles. The van der Waals surface area contributed by atoms with Gasteiger partial charge in [-0.25, -0.2) is 4.79 Å². The second-order valence-electron chi connectivity index (χ2n) is 25.8. The quantitative estimate of drug-likeness (QED) is 0.0305. The Morgan fingerprint density at radius 2 is 0.978 bits per heavy atom. The molecule has 18 atom stereocenters. The average Bonchev–Trinajstić information content (AvgIpc) is 0.885. The lowest BCUT2D eigenvalue weighted by atomic mass is 9.88. The Morgan fingerprint density at radius 3 is 1.40 bits per heavy atom. The summed E-state index contributed by atoms with van der Waals surface area (Å²) >= 11 is 0. The molecule has 2 amide bonds. The molecule has 23 nitrogen and oxygen atoms in total. The normalized spacial score (nSPS) is 28.7. The first-order valence-electron chi connectivity index (χ1n) is 34.9. The Balaban J connectivity index is 1.57. The summed E-state index contributed by atoms with van der Waals surface area (Å²) in [6, 6.07) is -2.52. The lowest BCUT2D eigenvalue weighted by Crippen LogP contribution is -2.70. The van der Waals surface area contributed by atoms with E-state index in [1.54, 1.807) is 0 Å². The third kappa shape index (κ3) is 30.3. The number of carbonyl (C=O) groups is 3. The number of hydrogen-bond acceptors (Lipinski definition) is 20. The predicted octanol–water partition coefficient (Wildman–Crippen LogP) is 6.12. The molecule has 524 valence electrons. The van der Waals surface area contributed by atoms with Crippen LogP contribution in [-0.2, 0) is 42.8 Å². The largest absolute Gasteiger partial charge is 0.477 e. The Bertz CT molecular complexity index is 1810. The minimum atomic E-state index is -3.08. The molecule has 0 spiro atoms. The van der Waals surface area contributed by atoms with Crippen LogP contribution in [0.25, 0.3) is 0 Å². The van der Waals surface area contributed by atoms with E-state index in [2.05, 4.69) is 24.5 Å². The standard InChI is InChI=1S/C66H124N2O21/c1-4-6-8-10-12-14-16-18-19-20-21-22-23-24-25-26-27-28-29-31-33-35-37-39-48(73)47(68-53(76)40-38-36-34-32-30-17-15-13-11-9-7-5-2)45-84-63-58(80)57(79)60(52(44-71)86-63)87-64-59(81)62(56(78)51(43-70)85-64)89-66(65(82)83)41-49(74)54(67-46(3)72)61(88-66)55(77)50(75)42-69/h47-52,54-64,69-71,73-75,77-81H,4-45H2,1-3H3,(H,67,72)(H,68,76)(H,82,83). The van der Waals surface area contributed by atoms with E-state index >= 15 is 0 Å². The maximum absolute atomic E-state index is 13.4. The second kappa shape index (κ2) is 47.6. The second-order valence-corrected chi connectivity index (χ2v) is 25.8. The third-order valence-electron chi connectivity index (χ3n) is 18.1. The Labute approximate surface area is 531 Å². The first kappa shape index (κ1) is 81.0. The summed E-state index contributed by atoms with van der Waals surface area (Å²) in [7, 11) is 0. The van der Waals surface area contributed by atoms with Crippen molar-refractivity contribution in [3.63, 3.8) is 0 Å². The topological polar surface area (TPSA) is 373 Å². The monoisotopic (exact) mass is 1280 g/mol. The van der Waals surface area contributed by atoms with Crippen LogP contribution < -0.4 is 10.6 Å². The molecular weight excluding hydrogens is 1160 g/mol. The molecule has 3 aliphatic heterocycles. The number of hydrogen-bond donors (Lipinski definition) is 14. The van der Waals surface area contributed by atoms with Gasteiger partial charge in [0.2, 0.25) is 11.8 Å². The van der Waals surface area contributed by atoms with Crippen molar-refractivity contribution in [2.24, 2.45) is 0 Å². The van der Waals surface area contributed by atoms with Crippen LogP contribution in [0.2, 0.25) is 0 Å². The number of unbranched alkanes of at least 4 members (excludes halogenated alkanes) is 33. The van der Waals surface area contributed by atoms with E-state index in [1.165, 1.54) is 161 Å². The van der Waals surface area contributed by atoms with Crippen LogP contribution in [-0.4, -0.2) is 215 Å². The summed E-state index contributed by atoms with van der Waals surface area (Å²) in [6.45, 7) is 2.21. The molecule has 0 aromatic rings. The van der Waals surface area contributed by atoms with E-state index in [4.69, 9.17) is 28.4 Å². The summed E-state index contributed by atoms with van der Waals surface area (Å²) in [5, 5.41) is 136. The van der Waals surface area contributed by atoms with E-state index in [9.17, 15) is 75.7 Å². The van der Waals surface area contributed by atoms with Crippen molar-refractivity contribution < 1.29 is 104 Å². The highest BCUT2D eigenvalue weighted by Gasteiger charge is 2.60. The molecule has 0 aromatic carbocycles. The fraction of sp³-hybridized carbons (Fsp3) is 0.955. The molecule has 0 saturated carbocycles. The molecule has 0 bridgehead atoms. The number of carboxylic acid groups (broad SMARTS) is 1. The first-order chi connectivity index (χ1) is 42.9. The van der Waals surface area contributed by atoms with E-state index in [0.29, 0.717) is 19.3 Å². The fourth-order valence-corrected chi connectivity index (χ4v) is 12.5. The maximum Gasteiger partial charge on any atom is 0.364 e. The van der Waals surface area contributed by atoms with E-state index in [-0.39, 0.29) is 18.9 Å². The van der Waals surface area contributed by atoms with Gasteiger partial charge in [-0.05, 0) is 12.8 Å². The number of amides is 2. The average molecular weight is 1280 g/mol. The van der Waals surface area contributed by atoms with Crippen LogP contribution in [0.5, 0.6) is 0 Å². The van der Waals surface area contributed by atoms with Gasteiger partial charge in [0.25, 0.3) is 5.79 Å². The van der Waals surface area contributed by atoms with Crippen molar-refractivity contribution in [2.45, 2.75) is 375 Å². The molecule has 89 heavy (non-hydrogen) atoms. The van der Waals surface area contributed by atoms with Gasteiger partial charge in [0.15, 0.2) is 12.6 Å². The zero-order valence-corrected chi connectivity index (χ0v) is 54.6. The van der Waals surface area contributed by atoms with Crippen LogP contribution >= 0.6 is 0 Å². The van der Waals surface area contributed by atoms with Gasteiger partial charge in [0.1, 0.15) is 67.1 Å². The fourth-order valence-electron chi connectivity index (χ4n) is 12.5. The molecule has 0 radical (unpaired) electrons. The van der Waals surface area contributed by atoms with Gasteiger partial charge in [-0.2, -0.15) is 0 Å². The summed E-state index contributed by atoms with van der Waals surface area (Å²) in [5.41, 5.74) is 0. The maximum atomic E-state index is 13.4. The van der Waals surface area contributed by atoms with Crippen molar-refractivity contribution in [2.75, 3.05) is 26.4 Å². The number of aliphatic hydroxyl groups excluding tert-OH is 11. The SMILES string of the molecule is CCCCCCCCCCCCCCCCCCCCCCCCCC(O)C(COC1OC(CO)C(OC2OC(CO)C(O)C(OC3(C(=O)O)CC(O)C(NC(C)=O)C(C(O)C(O)CO)O3)C2O)C(O)C1O)NC(=O)CCCCCCCCCCCCCC. The molecule has 14 N–H and O–H groups in total. The third-order valence-corrected chi connectivity index (χ3v) is 18.1. The van der Waals surface area contributed by atoms with Crippen molar-refractivity contribution >= 4 is 17.8 Å². The summed E-state index contributed by atoms with van der Waals surface area (Å²) < 4.78 is 34.8. The highest BCUT2D eigenvalue weighted by Crippen LogP contribution is 2.39. The first-order valence-corrected chi connectivity index (χ1v) is 34.9. The van der Waals surface area contributed by atoms with Gasteiger partial charge < -0.3 is 100 Å². The summed E-state index contributed by atoms with van der Waals surface area (Å²) in [4.78, 5) is 38.5. The smallest absolute Gasteiger partial charge is 0.364 e. The van der Waals surface area contributed by atoms with Gasteiger partial charge in [-0.1, -0.05) is 232 Å². The molecule has 3 rings (SSSR count). The van der Waals surface area contributed by atoms with Gasteiger partial charge in [-0.3, -0.25) is 9.59 Å². The van der Waals surface area contributed by atoms with Gasteiger partial charge >= 0.3 is 5.97 Å². The van der Waals surface area contributed by atoms with Crippen molar-refractivity contribution in [3.05, 3.63) is 0 Å². The van der Waals surface area contributed by atoms with Crippen LogP contribution in [0.3, 0.4) is 0 Å². The molecule has 3 heterocycles. The number of rotatable bonds is 53. The molecule has 23 heteroatoms. The highest BCUT2D eigenvalue weighted by molar-refractivity contribution is 5.77. The lowest BCUT2D eigenvalue weighted by molar-refractivity contribution is -0.386. The van der Waals surface area contributed by atoms with Crippen molar-refractivity contribution in [3.8, 4) is 0 Å². The van der Waals surface area contributed by atoms with Crippen molar-refractivity contribution in [1.82, 2.24) is 10.6 Å². The minimum absolute atomic E-state index is 0.228. The number of carboxylic acids is 1. The Kier molecular flexibility index (Phi) is 43.3. The Hall–Kier alpha value is -2.27.